The van der Waals surface area contributed by atoms with Gasteiger partial charge in [0, 0.05) is 0 Å². The van der Waals surface area contributed by atoms with E-state index in [0.717, 1.165) is 38.5 Å². The van der Waals surface area contributed by atoms with Crippen LogP contribution in [0, 0.1) is 0 Å². The molecule has 0 aliphatic carbocycles. The van der Waals surface area contributed by atoms with Crippen LogP contribution in [-0.2, 0) is 44.6 Å². The largest absolute Gasteiger partial charge is 3.00 e. The number of hydrogen-bond donors (Lipinski definition) is 0. The van der Waals surface area contributed by atoms with Crippen molar-refractivity contribution in [3.63, 3.8) is 0 Å². The predicted molar refractivity (Wildman–Crippen MR) is 283 cm³/mol. The molecule has 0 aromatic carbocycles. The Morgan fingerprint density at radius 1 is 0.269 bits per heavy atom. The maximum Gasteiger partial charge on any atom is 3.00 e. The van der Waals surface area contributed by atoms with Gasteiger partial charge in [-0.2, -0.15) is 0 Å². The molecule has 67 heavy (non-hydrogen) atoms. The van der Waals surface area contributed by atoms with Crippen LogP contribution in [0.4, 0.5) is 0 Å². The van der Waals surface area contributed by atoms with Gasteiger partial charge in [-0.15, -0.1) is 0 Å². The van der Waals surface area contributed by atoms with E-state index in [1.807, 2.05) is 0 Å². The maximum absolute atomic E-state index is 10.2. The van der Waals surface area contributed by atoms with E-state index in [0.29, 0.717) is 19.8 Å². The van der Waals surface area contributed by atoms with Gasteiger partial charge in [-0.1, -0.05) is 231 Å². The van der Waals surface area contributed by atoms with Gasteiger partial charge in [0.25, 0.3) is 0 Å². The maximum atomic E-state index is 10.2. The molecule has 1 radical (unpaired) electrons. The molecule has 3 atom stereocenters. The van der Waals surface area contributed by atoms with Crippen molar-refractivity contribution in [1.29, 1.82) is 0 Å². The standard InChI is InChI=1S/3C18H37O3P.Cr/c3*1-2-3-4-5-6-7-8-9-10-11-12-13-14-15-16-17-18-21-22(19)20;/h3*9-10,22H,2-8,11-18H2,1H3,(H,19,20);/q;;;+3/p-3/b3*10-9-;. The van der Waals surface area contributed by atoms with Gasteiger partial charge in [0.15, 0.2) is 0 Å². The second-order valence-corrected chi connectivity index (χ2v) is 20.5. The van der Waals surface area contributed by atoms with Gasteiger partial charge in [0.2, 0.25) is 0 Å². The second kappa shape index (κ2) is 70.5. The summed E-state index contributed by atoms with van der Waals surface area (Å²) in [6, 6.07) is 0. The molecular weight excluding hydrogens is 938 g/mol. The first-order chi connectivity index (χ1) is 32.3. The molecule has 0 fully saturated rings. The Kier molecular flexibility index (Phi) is 77.5. The van der Waals surface area contributed by atoms with Crippen molar-refractivity contribution in [2.75, 3.05) is 19.8 Å². The number of allylic oxidation sites excluding steroid dienone is 6. The van der Waals surface area contributed by atoms with Crippen LogP contribution in [0.5, 0.6) is 0 Å². The van der Waals surface area contributed by atoms with Crippen LogP contribution in [0.15, 0.2) is 36.5 Å². The van der Waals surface area contributed by atoms with Gasteiger partial charge in [0.1, 0.15) is 24.8 Å². The third-order valence-electron chi connectivity index (χ3n) is 11.6. The van der Waals surface area contributed by atoms with Crippen LogP contribution in [0.25, 0.3) is 0 Å². The van der Waals surface area contributed by atoms with Gasteiger partial charge >= 0.3 is 17.4 Å². The summed E-state index contributed by atoms with van der Waals surface area (Å²) < 4.78 is 44.2. The summed E-state index contributed by atoms with van der Waals surface area (Å²) in [6.45, 7) is 7.87. The first kappa shape index (κ1) is 73.7. The van der Waals surface area contributed by atoms with Crippen LogP contribution in [0.1, 0.15) is 290 Å². The number of unbranched alkanes of at least 4 members (excludes halogenated alkanes) is 36. The summed E-state index contributed by atoms with van der Waals surface area (Å²) in [5.74, 6) is 0. The quantitative estimate of drug-likeness (QED) is 0.0330. The molecule has 399 valence electrons. The van der Waals surface area contributed by atoms with Gasteiger partial charge in [-0.3, -0.25) is 0 Å². The normalized spacial score (nSPS) is 12.8. The molecule has 0 spiro atoms. The molecule has 13 heteroatoms. The predicted octanol–water partition coefficient (Wildman–Crippen LogP) is 17.4. The van der Waals surface area contributed by atoms with Crippen molar-refractivity contribution < 1.29 is 59.3 Å². The Bertz CT molecular complexity index is 937. The van der Waals surface area contributed by atoms with Crippen LogP contribution < -0.4 is 14.7 Å². The minimum Gasteiger partial charge on any atom is -0.781 e. The number of rotatable bonds is 51. The monoisotopic (exact) mass is 1050 g/mol. The first-order valence-electron chi connectivity index (χ1n) is 27.8. The van der Waals surface area contributed by atoms with Crippen LogP contribution in [0.3, 0.4) is 0 Å². The van der Waals surface area contributed by atoms with E-state index in [2.05, 4.69) is 70.8 Å². The molecule has 9 nitrogen and oxygen atoms in total. The molecule has 0 aliphatic heterocycles. The molecule has 3 unspecified atom stereocenters. The molecule has 0 aliphatic rings. The SMILES string of the molecule is CCCCCCCC/C=C\CCCCCCCCO[PH](=O)[O-].CCCCCCCC/C=C\CCCCCCCCO[PH](=O)[O-].CCCCCCCC/C=C\CCCCCCCCO[PH](=O)[O-].[Cr+3]. The summed E-state index contributed by atoms with van der Waals surface area (Å²) in [6.07, 6.45) is 66.9. The summed E-state index contributed by atoms with van der Waals surface area (Å²) >= 11 is 0. The molecule has 0 aromatic rings. The molecule has 0 aromatic heterocycles. The minimum absolute atomic E-state index is 0. The van der Waals surface area contributed by atoms with Crippen molar-refractivity contribution in [3.8, 4) is 0 Å². The van der Waals surface area contributed by atoms with Gasteiger partial charge in [-0.05, 0) is 96.3 Å². The summed E-state index contributed by atoms with van der Waals surface area (Å²) in [5, 5.41) is 0. The second-order valence-electron chi connectivity index (χ2n) is 18.1. The third-order valence-corrected chi connectivity index (χ3v) is 12.9. The molecule has 0 amide bonds. The van der Waals surface area contributed by atoms with E-state index in [1.165, 1.54) is 231 Å². The Hall–Kier alpha value is 0.202. The molecule has 0 saturated carbocycles. The topological polar surface area (TPSA) is 148 Å². The Balaban J connectivity index is -0.000000441. The van der Waals surface area contributed by atoms with Gasteiger partial charge in [-0.25, -0.2) is 0 Å². The van der Waals surface area contributed by atoms with E-state index < -0.39 is 24.8 Å². The molecule has 0 heterocycles. The Morgan fingerprint density at radius 3 is 0.582 bits per heavy atom. The van der Waals surface area contributed by atoms with Crippen molar-refractivity contribution in [2.24, 2.45) is 0 Å². The molecule has 0 rings (SSSR count). The minimum atomic E-state index is -2.96. The van der Waals surface area contributed by atoms with E-state index in [9.17, 15) is 28.4 Å². The van der Waals surface area contributed by atoms with Crippen LogP contribution >= 0.6 is 24.8 Å². The fourth-order valence-corrected chi connectivity index (χ4v) is 8.45. The van der Waals surface area contributed by atoms with Crippen LogP contribution in [-0.4, -0.2) is 19.8 Å². The smallest absolute Gasteiger partial charge is 0.781 e. The van der Waals surface area contributed by atoms with E-state index >= 15 is 0 Å². The van der Waals surface area contributed by atoms with Crippen molar-refractivity contribution in [3.05, 3.63) is 36.5 Å². The zero-order valence-electron chi connectivity index (χ0n) is 43.9. The zero-order valence-corrected chi connectivity index (χ0v) is 48.1. The Morgan fingerprint density at radius 2 is 0.418 bits per heavy atom. The van der Waals surface area contributed by atoms with E-state index in [1.54, 1.807) is 0 Å². The molecular formula is C54H108CrO9P3. The van der Waals surface area contributed by atoms with Crippen molar-refractivity contribution >= 4 is 24.8 Å². The summed E-state index contributed by atoms with van der Waals surface area (Å²) in [4.78, 5) is 30.6. The van der Waals surface area contributed by atoms with Crippen molar-refractivity contribution in [1.82, 2.24) is 0 Å². The fourth-order valence-electron chi connectivity index (χ4n) is 7.52. The van der Waals surface area contributed by atoms with Crippen molar-refractivity contribution in [2.45, 2.75) is 290 Å². The Labute approximate surface area is 428 Å². The zero-order chi connectivity index (χ0) is 48.9. The van der Waals surface area contributed by atoms with Gasteiger partial charge in [0.05, 0.1) is 19.8 Å². The summed E-state index contributed by atoms with van der Waals surface area (Å²) in [5.41, 5.74) is 0. The summed E-state index contributed by atoms with van der Waals surface area (Å²) in [7, 11) is -8.89. The van der Waals surface area contributed by atoms with Crippen LogP contribution in [0.2, 0.25) is 0 Å². The first-order valence-corrected chi connectivity index (χ1v) is 31.4. The average molecular weight is 1050 g/mol. The van der Waals surface area contributed by atoms with E-state index in [-0.39, 0.29) is 17.4 Å². The molecule has 0 N–H and O–H groups in total. The number of hydrogen-bond acceptors (Lipinski definition) is 9. The van der Waals surface area contributed by atoms with E-state index in [4.69, 9.17) is 0 Å². The molecule has 0 bridgehead atoms. The fraction of sp³-hybridized carbons (Fsp3) is 0.889. The molecule has 0 saturated heterocycles. The van der Waals surface area contributed by atoms with Gasteiger partial charge < -0.3 is 41.9 Å². The average Bonchev–Trinajstić information content (AvgIpc) is 3.29. The third kappa shape index (κ3) is 83.4.